The number of nitrogens with one attached hydrogen (secondary N) is 2. The molecule has 3 rings (SSSR count). The first kappa shape index (κ1) is 18.2. The van der Waals surface area contributed by atoms with E-state index in [1.807, 2.05) is 6.07 Å². The number of amides is 1. The number of carbonyl (C=O) groups excluding carboxylic acids is 1. The highest BCUT2D eigenvalue weighted by molar-refractivity contribution is 7.92. The average molecular weight is 378 g/mol. The highest BCUT2D eigenvalue weighted by atomic mass is 32.2. The summed E-state index contributed by atoms with van der Waals surface area (Å²) in [6.07, 6.45) is 4.88. The SMILES string of the molecule is C[C@@H]1C[C@H]1c1ccc(/C=C\C(=O)Nc2ccc(F)c(NS(C)(=O)=O)c2)o1. The predicted octanol–water partition coefficient (Wildman–Crippen LogP) is 3.57. The fraction of sp³-hybridized carbons (Fsp3) is 0.278. The van der Waals surface area contributed by atoms with Gasteiger partial charge in [0.25, 0.3) is 0 Å². The van der Waals surface area contributed by atoms with E-state index in [-0.39, 0.29) is 11.4 Å². The molecule has 0 spiro atoms. The van der Waals surface area contributed by atoms with Gasteiger partial charge in [0.05, 0.1) is 11.9 Å². The largest absolute Gasteiger partial charge is 0.461 e. The predicted molar refractivity (Wildman–Crippen MR) is 97.8 cm³/mol. The average Bonchev–Trinajstić information content (AvgIpc) is 3.08. The lowest BCUT2D eigenvalue weighted by Crippen LogP contribution is -2.12. The van der Waals surface area contributed by atoms with Crippen molar-refractivity contribution in [1.29, 1.82) is 0 Å². The van der Waals surface area contributed by atoms with E-state index in [0.29, 0.717) is 17.6 Å². The van der Waals surface area contributed by atoms with E-state index in [1.54, 1.807) is 12.1 Å². The van der Waals surface area contributed by atoms with Gasteiger partial charge in [-0.3, -0.25) is 9.52 Å². The number of halogens is 1. The lowest BCUT2D eigenvalue weighted by atomic mass is 10.2. The van der Waals surface area contributed by atoms with Crippen molar-refractivity contribution in [3.63, 3.8) is 0 Å². The zero-order valence-electron chi connectivity index (χ0n) is 14.3. The normalized spacial score (nSPS) is 19.5. The molecule has 8 heteroatoms. The third-order valence-electron chi connectivity index (χ3n) is 4.05. The Kier molecular flexibility index (Phi) is 4.86. The smallest absolute Gasteiger partial charge is 0.248 e. The molecule has 138 valence electrons. The van der Waals surface area contributed by atoms with Gasteiger partial charge in [0.1, 0.15) is 17.3 Å². The molecule has 1 amide bonds. The Morgan fingerprint density at radius 1 is 1.31 bits per heavy atom. The summed E-state index contributed by atoms with van der Waals surface area (Å²) in [7, 11) is -3.62. The minimum Gasteiger partial charge on any atom is -0.461 e. The first-order valence-corrected chi connectivity index (χ1v) is 9.96. The molecule has 1 heterocycles. The molecule has 2 atom stereocenters. The van der Waals surface area contributed by atoms with Crippen molar-refractivity contribution >= 4 is 33.4 Å². The Hall–Kier alpha value is -2.61. The van der Waals surface area contributed by atoms with Crippen molar-refractivity contribution in [2.75, 3.05) is 16.3 Å². The fourth-order valence-electron chi connectivity index (χ4n) is 2.60. The summed E-state index contributed by atoms with van der Waals surface area (Å²) in [6.45, 7) is 2.16. The van der Waals surface area contributed by atoms with E-state index in [2.05, 4.69) is 17.0 Å². The molecule has 1 saturated carbocycles. The number of anilines is 2. The van der Waals surface area contributed by atoms with Crippen molar-refractivity contribution in [2.45, 2.75) is 19.3 Å². The van der Waals surface area contributed by atoms with E-state index >= 15 is 0 Å². The molecule has 1 aromatic heterocycles. The molecule has 26 heavy (non-hydrogen) atoms. The van der Waals surface area contributed by atoms with Gasteiger partial charge in [-0.2, -0.15) is 0 Å². The first-order chi connectivity index (χ1) is 12.2. The number of carbonyl (C=O) groups is 1. The molecule has 0 unspecified atom stereocenters. The van der Waals surface area contributed by atoms with Crippen molar-refractivity contribution in [2.24, 2.45) is 5.92 Å². The van der Waals surface area contributed by atoms with E-state index < -0.39 is 21.7 Å². The van der Waals surface area contributed by atoms with Gasteiger partial charge in [-0.05, 0) is 48.7 Å². The number of hydrogen-bond acceptors (Lipinski definition) is 4. The van der Waals surface area contributed by atoms with Gasteiger partial charge in [0.15, 0.2) is 0 Å². The van der Waals surface area contributed by atoms with Crippen LogP contribution in [0.25, 0.3) is 6.08 Å². The number of furan rings is 1. The maximum Gasteiger partial charge on any atom is 0.248 e. The van der Waals surface area contributed by atoms with E-state index in [1.165, 1.54) is 18.2 Å². The van der Waals surface area contributed by atoms with Gasteiger partial charge in [0.2, 0.25) is 15.9 Å². The molecule has 6 nitrogen and oxygen atoms in total. The topological polar surface area (TPSA) is 88.4 Å². The van der Waals surface area contributed by atoms with Crippen LogP contribution in [-0.4, -0.2) is 20.6 Å². The molecule has 2 aromatic rings. The molecule has 2 N–H and O–H groups in total. The van der Waals surface area contributed by atoms with Crippen LogP contribution in [0, 0.1) is 11.7 Å². The van der Waals surface area contributed by atoms with Gasteiger partial charge in [-0.1, -0.05) is 6.92 Å². The summed E-state index contributed by atoms with van der Waals surface area (Å²) in [5, 5.41) is 2.55. The summed E-state index contributed by atoms with van der Waals surface area (Å²) < 4.78 is 43.8. The summed E-state index contributed by atoms with van der Waals surface area (Å²) in [4.78, 5) is 12.0. The first-order valence-electron chi connectivity index (χ1n) is 8.07. The molecule has 0 saturated heterocycles. The molecule has 1 aliphatic rings. The second-order valence-electron chi connectivity index (χ2n) is 6.45. The Morgan fingerprint density at radius 3 is 2.69 bits per heavy atom. The maximum atomic E-state index is 13.6. The molecule has 0 radical (unpaired) electrons. The van der Waals surface area contributed by atoms with Crippen LogP contribution in [0.3, 0.4) is 0 Å². The Bertz CT molecular complexity index is 965. The zero-order valence-corrected chi connectivity index (χ0v) is 15.1. The van der Waals surface area contributed by atoms with E-state index in [4.69, 9.17) is 4.42 Å². The third-order valence-corrected chi connectivity index (χ3v) is 4.64. The van der Waals surface area contributed by atoms with Gasteiger partial charge in [-0.25, -0.2) is 12.8 Å². The quantitative estimate of drug-likeness (QED) is 0.752. The third kappa shape index (κ3) is 4.72. The monoisotopic (exact) mass is 378 g/mol. The Morgan fingerprint density at radius 2 is 2.04 bits per heavy atom. The van der Waals surface area contributed by atoms with Crippen LogP contribution in [0.15, 0.2) is 40.8 Å². The number of rotatable bonds is 6. The van der Waals surface area contributed by atoms with Crippen LogP contribution in [0.1, 0.15) is 30.8 Å². The minimum atomic E-state index is -3.62. The number of hydrogen-bond donors (Lipinski definition) is 2. The number of sulfonamides is 1. The second kappa shape index (κ2) is 6.95. The van der Waals surface area contributed by atoms with Crippen LogP contribution in [0.2, 0.25) is 0 Å². The van der Waals surface area contributed by atoms with Crippen LogP contribution >= 0.6 is 0 Å². The van der Waals surface area contributed by atoms with Gasteiger partial charge >= 0.3 is 0 Å². The summed E-state index contributed by atoms with van der Waals surface area (Å²) in [6, 6.07) is 7.34. The van der Waals surface area contributed by atoms with E-state index in [0.717, 1.165) is 24.5 Å². The number of benzene rings is 1. The Labute approximate surface area is 151 Å². The maximum absolute atomic E-state index is 13.6. The molecule has 0 bridgehead atoms. The van der Waals surface area contributed by atoms with E-state index in [9.17, 15) is 17.6 Å². The molecule has 1 aromatic carbocycles. The molecular formula is C18H19FN2O4S. The van der Waals surface area contributed by atoms with Crippen molar-refractivity contribution in [3.8, 4) is 0 Å². The van der Waals surface area contributed by atoms with Gasteiger partial charge < -0.3 is 9.73 Å². The van der Waals surface area contributed by atoms with Gasteiger partial charge in [0, 0.05) is 17.7 Å². The standard InChI is InChI=1S/C18H19FN2O4S/c1-11-9-14(11)17-7-4-13(25-17)5-8-18(22)20-12-3-6-15(19)16(10-12)21-26(2,23)24/h3-8,10-11,14,21H,9H2,1-2H3,(H,20,22)/b8-5-/t11-,14-/m1/s1. The molecule has 0 aliphatic heterocycles. The van der Waals surface area contributed by atoms with Crippen molar-refractivity contribution < 1.29 is 22.0 Å². The van der Waals surface area contributed by atoms with Crippen LogP contribution in [0.5, 0.6) is 0 Å². The lowest BCUT2D eigenvalue weighted by molar-refractivity contribution is -0.111. The minimum absolute atomic E-state index is 0.233. The van der Waals surface area contributed by atoms with Crippen molar-refractivity contribution in [1.82, 2.24) is 0 Å². The lowest BCUT2D eigenvalue weighted by Gasteiger charge is -2.08. The van der Waals surface area contributed by atoms with Crippen LogP contribution in [0.4, 0.5) is 15.8 Å². The van der Waals surface area contributed by atoms with Gasteiger partial charge in [-0.15, -0.1) is 0 Å². The Balaban J connectivity index is 1.64. The zero-order chi connectivity index (χ0) is 18.9. The van der Waals surface area contributed by atoms with Crippen LogP contribution < -0.4 is 10.0 Å². The second-order valence-corrected chi connectivity index (χ2v) is 8.20. The molecule has 1 fully saturated rings. The molecular weight excluding hydrogens is 359 g/mol. The highest BCUT2D eigenvalue weighted by Gasteiger charge is 2.36. The van der Waals surface area contributed by atoms with Crippen molar-refractivity contribution in [3.05, 3.63) is 53.7 Å². The molecule has 1 aliphatic carbocycles. The fourth-order valence-corrected chi connectivity index (χ4v) is 3.15. The highest BCUT2D eigenvalue weighted by Crippen LogP contribution is 2.47. The summed E-state index contributed by atoms with van der Waals surface area (Å²) in [5.74, 6) is 1.42. The summed E-state index contributed by atoms with van der Waals surface area (Å²) >= 11 is 0. The summed E-state index contributed by atoms with van der Waals surface area (Å²) in [5.41, 5.74) is 0.0302. The van der Waals surface area contributed by atoms with Crippen LogP contribution in [-0.2, 0) is 14.8 Å².